The third-order valence-electron chi connectivity index (χ3n) is 1.68. The molecule has 0 atom stereocenters. The largest absolute Gasteiger partial charge is 0.398 e. The minimum atomic E-state index is -0.458. The smallest absolute Gasteiger partial charge is 0.249 e. The number of carbonyl (C=O) groups excluding carboxylic acids is 1. The third kappa shape index (κ3) is 1.58. The van der Waals surface area contributed by atoms with Gasteiger partial charge in [0.2, 0.25) is 5.91 Å². The van der Waals surface area contributed by atoms with Gasteiger partial charge in [-0.25, -0.2) is 0 Å². The Kier molecular flexibility index (Phi) is 2.38. The molecule has 0 bridgehead atoms. The van der Waals surface area contributed by atoms with Gasteiger partial charge in [-0.05, 0) is 24.6 Å². The Morgan fingerprint density at radius 3 is 2.58 bits per heavy atom. The summed E-state index contributed by atoms with van der Waals surface area (Å²) in [6.45, 7) is 1.77. The van der Waals surface area contributed by atoms with Crippen molar-refractivity contribution in [2.75, 3.05) is 5.73 Å². The summed E-state index contributed by atoms with van der Waals surface area (Å²) >= 11 is 3.23. The summed E-state index contributed by atoms with van der Waals surface area (Å²) in [5.41, 5.74) is 12.5. The third-order valence-corrected chi connectivity index (χ3v) is 2.14. The van der Waals surface area contributed by atoms with Crippen LogP contribution in [0.15, 0.2) is 16.6 Å². The number of hydrogen-bond donors (Lipinski definition) is 2. The minimum absolute atomic E-state index is 0.458. The number of amides is 1. The van der Waals surface area contributed by atoms with Gasteiger partial charge in [-0.2, -0.15) is 0 Å². The van der Waals surface area contributed by atoms with Crippen molar-refractivity contribution < 1.29 is 4.79 Å². The van der Waals surface area contributed by atoms with Gasteiger partial charge in [0.05, 0.1) is 0 Å². The molecule has 1 rings (SSSR count). The van der Waals surface area contributed by atoms with E-state index < -0.39 is 5.91 Å². The van der Waals surface area contributed by atoms with Gasteiger partial charge in [0, 0.05) is 15.7 Å². The molecule has 0 saturated heterocycles. The van der Waals surface area contributed by atoms with Gasteiger partial charge in [0.1, 0.15) is 0 Å². The number of nitrogen functional groups attached to an aromatic ring is 1. The van der Waals surface area contributed by atoms with E-state index >= 15 is 0 Å². The van der Waals surface area contributed by atoms with Gasteiger partial charge in [0.15, 0.2) is 0 Å². The first-order chi connectivity index (χ1) is 5.52. The molecule has 0 aromatic heterocycles. The summed E-state index contributed by atoms with van der Waals surface area (Å²) in [4.78, 5) is 10.9. The number of nitrogens with two attached hydrogens (primary N) is 2. The first kappa shape index (κ1) is 9.06. The van der Waals surface area contributed by atoms with Crippen LogP contribution in [0.3, 0.4) is 0 Å². The predicted octanol–water partition coefficient (Wildman–Crippen LogP) is 1.44. The zero-order chi connectivity index (χ0) is 9.30. The van der Waals surface area contributed by atoms with Gasteiger partial charge < -0.3 is 11.5 Å². The highest BCUT2D eigenvalue weighted by Gasteiger charge is 2.07. The van der Waals surface area contributed by atoms with Crippen LogP contribution in [0.2, 0.25) is 0 Å². The monoisotopic (exact) mass is 228 g/mol. The van der Waals surface area contributed by atoms with Crippen LogP contribution < -0.4 is 11.5 Å². The molecule has 1 aromatic carbocycles. The van der Waals surface area contributed by atoms with Crippen molar-refractivity contribution in [3.05, 3.63) is 27.7 Å². The molecule has 0 unspecified atom stereocenters. The highest BCUT2D eigenvalue weighted by atomic mass is 79.9. The molecular weight excluding hydrogens is 220 g/mol. The highest BCUT2D eigenvalue weighted by molar-refractivity contribution is 9.10. The molecule has 12 heavy (non-hydrogen) atoms. The van der Waals surface area contributed by atoms with E-state index in [4.69, 9.17) is 11.5 Å². The maximum atomic E-state index is 10.9. The fourth-order valence-electron chi connectivity index (χ4n) is 0.956. The fraction of sp³-hybridized carbons (Fsp3) is 0.125. The van der Waals surface area contributed by atoms with Crippen molar-refractivity contribution in [3.8, 4) is 0 Å². The molecule has 0 saturated carbocycles. The number of halogens is 1. The molecule has 0 radical (unpaired) electrons. The summed E-state index contributed by atoms with van der Waals surface area (Å²) in [5.74, 6) is -0.458. The standard InChI is InChI=1S/C8H9BrN2O/c1-4-6(8(11)12)2-5(9)3-7(4)10/h2-3H,10H2,1H3,(H2,11,12). The Morgan fingerprint density at radius 1 is 1.50 bits per heavy atom. The number of anilines is 1. The van der Waals surface area contributed by atoms with Gasteiger partial charge in [-0.15, -0.1) is 0 Å². The van der Waals surface area contributed by atoms with E-state index in [1.165, 1.54) is 0 Å². The second kappa shape index (κ2) is 3.15. The maximum Gasteiger partial charge on any atom is 0.249 e. The summed E-state index contributed by atoms with van der Waals surface area (Å²) in [7, 11) is 0. The number of carbonyl (C=O) groups is 1. The topological polar surface area (TPSA) is 69.1 Å². The molecule has 0 aliphatic heterocycles. The lowest BCUT2D eigenvalue weighted by Gasteiger charge is -2.05. The van der Waals surface area contributed by atoms with Gasteiger partial charge in [0.25, 0.3) is 0 Å². The van der Waals surface area contributed by atoms with Crippen molar-refractivity contribution in [3.63, 3.8) is 0 Å². The van der Waals surface area contributed by atoms with E-state index in [-0.39, 0.29) is 0 Å². The summed E-state index contributed by atoms with van der Waals surface area (Å²) < 4.78 is 0.763. The molecule has 64 valence electrons. The second-order valence-corrected chi connectivity index (χ2v) is 3.45. The maximum absolute atomic E-state index is 10.9. The lowest BCUT2D eigenvalue weighted by atomic mass is 10.1. The Labute approximate surface area is 78.9 Å². The molecule has 0 fully saturated rings. The van der Waals surface area contributed by atoms with Crippen LogP contribution in [0.4, 0.5) is 5.69 Å². The van der Waals surface area contributed by atoms with E-state index in [0.29, 0.717) is 11.3 Å². The normalized spacial score (nSPS) is 9.83. The molecule has 0 spiro atoms. The zero-order valence-electron chi connectivity index (χ0n) is 6.60. The van der Waals surface area contributed by atoms with Crippen molar-refractivity contribution in [1.82, 2.24) is 0 Å². The summed E-state index contributed by atoms with van der Waals surface area (Å²) in [6, 6.07) is 3.40. The van der Waals surface area contributed by atoms with Crippen molar-refractivity contribution in [2.45, 2.75) is 6.92 Å². The average molecular weight is 229 g/mol. The molecular formula is C8H9BrN2O. The molecule has 4 heteroatoms. The van der Waals surface area contributed by atoms with Crippen LogP contribution in [-0.2, 0) is 0 Å². The number of benzene rings is 1. The second-order valence-electron chi connectivity index (χ2n) is 2.53. The van der Waals surface area contributed by atoms with Crippen LogP contribution in [-0.4, -0.2) is 5.91 Å². The molecule has 1 amide bonds. The van der Waals surface area contributed by atoms with Crippen LogP contribution in [0.1, 0.15) is 15.9 Å². The van der Waals surface area contributed by atoms with Gasteiger partial charge >= 0.3 is 0 Å². The predicted molar refractivity (Wildman–Crippen MR) is 51.8 cm³/mol. The zero-order valence-corrected chi connectivity index (χ0v) is 8.18. The van der Waals surface area contributed by atoms with E-state index in [1.54, 1.807) is 19.1 Å². The minimum Gasteiger partial charge on any atom is -0.398 e. The fourth-order valence-corrected chi connectivity index (χ4v) is 1.43. The van der Waals surface area contributed by atoms with E-state index in [0.717, 1.165) is 10.0 Å². The van der Waals surface area contributed by atoms with E-state index in [2.05, 4.69) is 15.9 Å². The molecule has 0 heterocycles. The highest BCUT2D eigenvalue weighted by Crippen LogP contribution is 2.22. The van der Waals surface area contributed by atoms with Crippen molar-refractivity contribution in [1.29, 1.82) is 0 Å². The van der Waals surface area contributed by atoms with Crippen molar-refractivity contribution in [2.24, 2.45) is 5.73 Å². The SMILES string of the molecule is Cc1c(N)cc(Br)cc1C(N)=O. The molecule has 0 aliphatic rings. The summed E-state index contributed by atoms with van der Waals surface area (Å²) in [5, 5.41) is 0. The van der Waals surface area contributed by atoms with Crippen LogP contribution in [0, 0.1) is 6.92 Å². The lowest BCUT2D eigenvalue weighted by Crippen LogP contribution is -2.13. The van der Waals surface area contributed by atoms with Crippen molar-refractivity contribution >= 4 is 27.5 Å². The van der Waals surface area contributed by atoms with Gasteiger partial charge in [-0.3, -0.25) is 4.79 Å². The molecule has 4 N–H and O–H groups in total. The van der Waals surface area contributed by atoms with Crippen LogP contribution >= 0.6 is 15.9 Å². The Hall–Kier alpha value is -1.03. The van der Waals surface area contributed by atoms with Crippen LogP contribution in [0.5, 0.6) is 0 Å². The summed E-state index contributed by atoms with van der Waals surface area (Å²) in [6.07, 6.45) is 0. The first-order valence-electron chi connectivity index (χ1n) is 3.38. The van der Waals surface area contributed by atoms with E-state index in [9.17, 15) is 4.79 Å². The average Bonchev–Trinajstić information content (AvgIpc) is 1.96. The Bertz CT molecular complexity index is 336. The molecule has 3 nitrogen and oxygen atoms in total. The number of hydrogen-bond acceptors (Lipinski definition) is 2. The number of primary amides is 1. The lowest BCUT2D eigenvalue weighted by molar-refractivity contribution is 0.0999. The Balaban J connectivity index is 3.37. The van der Waals surface area contributed by atoms with E-state index in [1.807, 2.05) is 0 Å². The number of rotatable bonds is 1. The first-order valence-corrected chi connectivity index (χ1v) is 4.17. The Morgan fingerprint density at radius 2 is 2.08 bits per heavy atom. The quantitative estimate of drug-likeness (QED) is 0.715. The van der Waals surface area contributed by atoms with Gasteiger partial charge in [-0.1, -0.05) is 15.9 Å². The van der Waals surface area contributed by atoms with Crippen LogP contribution in [0.25, 0.3) is 0 Å². The molecule has 0 aliphatic carbocycles. The molecule has 1 aromatic rings.